The molecule has 30 heavy (non-hydrogen) atoms. The molecule has 6 heteroatoms. The number of thiazole rings is 1. The van der Waals surface area contributed by atoms with Crippen LogP contribution < -0.4 is 5.32 Å². The van der Waals surface area contributed by atoms with Crippen LogP contribution in [-0.2, 0) is 0 Å². The van der Waals surface area contributed by atoms with Gasteiger partial charge in [-0.2, -0.15) is 5.26 Å². The Balaban J connectivity index is 1.75. The summed E-state index contributed by atoms with van der Waals surface area (Å²) in [6.45, 7) is 2.01. The first-order chi connectivity index (χ1) is 14.6. The second-order valence-electron chi connectivity index (χ2n) is 6.57. The van der Waals surface area contributed by atoms with Gasteiger partial charge in [0.15, 0.2) is 5.76 Å². The molecule has 0 unspecified atom stereocenters. The molecule has 0 spiro atoms. The van der Waals surface area contributed by atoms with Gasteiger partial charge < -0.3 is 9.73 Å². The zero-order valence-corrected chi connectivity index (χ0v) is 16.9. The molecule has 2 aromatic carbocycles. The summed E-state index contributed by atoms with van der Waals surface area (Å²) in [6.07, 6.45) is 3.24. The summed E-state index contributed by atoms with van der Waals surface area (Å²) in [7, 11) is 0. The third kappa shape index (κ3) is 4.22. The molecule has 1 amide bonds. The molecule has 0 bridgehead atoms. The number of amides is 1. The van der Waals surface area contributed by atoms with Crippen LogP contribution >= 0.6 is 11.3 Å². The molecule has 0 aliphatic rings. The van der Waals surface area contributed by atoms with E-state index in [1.807, 2.05) is 61.5 Å². The van der Waals surface area contributed by atoms with Gasteiger partial charge in [0.1, 0.15) is 21.8 Å². The highest BCUT2D eigenvalue weighted by Crippen LogP contribution is 2.36. The zero-order chi connectivity index (χ0) is 20.9. The minimum Gasteiger partial charge on any atom is -0.459 e. The number of nitriles is 1. The zero-order valence-electron chi connectivity index (χ0n) is 16.1. The number of aromatic nitrogens is 1. The number of carbonyl (C=O) groups is 1. The van der Waals surface area contributed by atoms with E-state index in [1.54, 1.807) is 18.2 Å². The number of hydrogen-bond acceptors (Lipinski definition) is 5. The van der Waals surface area contributed by atoms with E-state index in [1.165, 1.54) is 17.6 Å². The van der Waals surface area contributed by atoms with Gasteiger partial charge in [-0.15, -0.1) is 0 Å². The molecule has 0 fully saturated rings. The summed E-state index contributed by atoms with van der Waals surface area (Å²) < 4.78 is 5.19. The van der Waals surface area contributed by atoms with Crippen LogP contribution in [0.5, 0.6) is 0 Å². The van der Waals surface area contributed by atoms with Crippen molar-refractivity contribution in [2.24, 2.45) is 0 Å². The number of carbonyl (C=O) groups excluding carboxylic acids is 1. The number of nitrogens with zero attached hydrogens (tertiary/aromatic N) is 2. The summed E-state index contributed by atoms with van der Waals surface area (Å²) >= 11 is 1.26. The van der Waals surface area contributed by atoms with Gasteiger partial charge >= 0.3 is 0 Å². The summed E-state index contributed by atoms with van der Waals surface area (Å²) in [5.41, 5.74) is 3.95. The number of hydrogen-bond donors (Lipinski definition) is 1. The Hall–Kier alpha value is -3.95. The van der Waals surface area contributed by atoms with Crippen molar-refractivity contribution < 1.29 is 9.21 Å². The summed E-state index contributed by atoms with van der Waals surface area (Å²) in [5.74, 6) is -0.159. The first-order valence-corrected chi connectivity index (χ1v) is 10.1. The van der Waals surface area contributed by atoms with Crippen molar-refractivity contribution in [2.45, 2.75) is 6.92 Å². The van der Waals surface area contributed by atoms with Crippen molar-refractivity contribution in [3.8, 4) is 17.3 Å². The summed E-state index contributed by atoms with van der Waals surface area (Å²) in [4.78, 5) is 17.2. The van der Waals surface area contributed by atoms with E-state index >= 15 is 0 Å². The quantitative estimate of drug-likeness (QED) is 0.407. The van der Waals surface area contributed by atoms with Gasteiger partial charge in [0.05, 0.1) is 11.8 Å². The van der Waals surface area contributed by atoms with Crippen LogP contribution in [0.4, 0.5) is 5.00 Å². The van der Waals surface area contributed by atoms with Crippen LogP contribution in [0.25, 0.3) is 22.9 Å². The summed E-state index contributed by atoms with van der Waals surface area (Å²) in [5, 5.41) is 13.7. The minimum atomic E-state index is -0.367. The Kier molecular flexibility index (Phi) is 5.55. The molecule has 0 saturated heterocycles. The Bertz CT molecular complexity index is 1230. The number of benzene rings is 2. The van der Waals surface area contributed by atoms with Crippen molar-refractivity contribution in [3.63, 3.8) is 0 Å². The smallest absolute Gasteiger partial charge is 0.292 e. The van der Waals surface area contributed by atoms with Crippen molar-refractivity contribution in [3.05, 3.63) is 94.9 Å². The van der Waals surface area contributed by atoms with E-state index in [0.29, 0.717) is 21.3 Å². The largest absolute Gasteiger partial charge is 0.459 e. The Labute approximate surface area is 177 Å². The first kappa shape index (κ1) is 19.4. The number of rotatable bonds is 5. The van der Waals surface area contributed by atoms with Gasteiger partial charge in [0.2, 0.25) is 0 Å². The van der Waals surface area contributed by atoms with Crippen LogP contribution in [0.15, 0.2) is 77.4 Å². The Morgan fingerprint density at radius 2 is 1.87 bits per heavy atom. The third-order valence-electron chi connectivity index (χ3n) is 4.39. The Morgan fingerprint density at radius 1 is 1.10 bits per heavy atom. The molecule has 5 nitrogen and oxygen atoms in total. The van der Waals surface area contributed by atoms with Crippen molar-refractivity contribution in [2.75, 3.05) is 5.32 Å². The van der Waals surface area contributed by atoms with Crippen LogP contribution in [0.1, 0.15) is 26.7 Å². The maximum Gasteiger partial charge on any atom is 0.292 e. The molecule has 2 aromatic heterocycles. The molecule has 0 atom stereocenters. The van der Waals surface area contributed by atoms with Crippen LogP contribution in [0, 0.1) is 18.3 Å². The molecule has 0 aliphatic carbocycles. The lowest BCUT2D eigenvalue weighted by Crippen LogP contribution is -2.10. The van der Waals surface area contributed by atoms with Gasteiger partial charge in [0.25, 0.3) is 5.91 Å². The van der Waals surface area contributed by atoms with Crippen LogP contribution in [0.3, 0.4) is 0 Å². The third-order valence-corrected chi connectivity index (χ3v) is 5.39. The maximum atomic E-state index is 12.5. The first-order valence-electron chi connectivity index (χ1n) is 9.24. The van der Waals surface area contributed by atoms with Crippen molar-refractivity contribution >= 4 is 33.9 Å². The SMILES string of the molecule is Cc1ccc(/C=C(\C#N)c2nc(-c3ccccc3)c(NC(=O)c3ccco3)s2)cc1. The minimum absolute atomic E-state index is 0.208. The van der Waals surface area contributed by atoms with E-state index in [-0.39, 0.29) is 11.7 Å². The second kappa shape index (κ2) is 8.60. The lowest BCUT2D eigenvalue weighted by atomic mass is 10.1. The average Bonchev–Trinajstić information content (AvgIpc) is 3.44. The highest BCUT2D eigenvalue weighted by atomic mass is 32.1. The van der Waals surface area contributed by atoms with Crippen LogP contribution in [-0.4, -0.2) is 10.9 Å². The van der Waals surface area contributed by atoms with Crippen LogP contribution in [0.2, 0.25) is 0 Å². The standard InChI is InChI=1S/C24H17N3O2S/c1-16-9-11-17(12-10-16)14-19(15-25)23-26-21(18-6-3-2-4-7-18)24(30-23)27-22(28)20-8-5-13-29-20/h2-14H,1H3,(H,27,28)/b19-14+. The predicted molar refractivity (Wildman–Crippen MR) is 119 cm³/mol. The number of nitrogens with one attached hydrogen (secondary N) is 1. The van der Waals surface area contributed by atoms with Crippen molar-refractivity contribution in [1.29, 1.82) is 5.26 Å². The van der Waals surface area contributed by atoms with Gasteiger partial charge in [-0.25, -0.2) is 4.98 Å². The van der Waals surface area contributed by atoms with E-state index in [0.717, 1.165) is 16.7 Å². The summed E-state index contributed by atoms with van der Waals surface area (Å²) in [6, 6.07) is 22.9. The molecule has 146 valence electrons. The number of furan rings is 1. The van der Waals surface area contributed by atoms with Gasteiger partial charge in [0, 0.05) is 5.56 Å². The van der Waals surface area contributed by atoms with Gasteiger partial charge in [-0.1, -0.05) is 71.5 Å². The van der Waals surface area contributed by atoms with E-state index in [9.17, 15) is 10.1 Å². The Morgan fingerprint density at radius 3 is 2.53 bits per heavy atom. The highest BCUT2D eigenvalue weighted by molar-refractivity contribution is 7.17. The fourth-order valence-electron chi connectivity index (χ4n) is 2.86. The number of aryl methyl sites for hydroxylation is 1. The molecule has 0 aliphatic heterocycles. The molecule has 4 aromatic rings. The topological polar surface area (TPSA) is 78.9 Å². The van der Waals surface area contributed by atoms with E-state index in [4.69, 9.17) is 4.42 Å². The van der Waals surface area contributed by atoms with Gasteiger partial charge in [-0.3, -0.25) is 4.79 Å². The second-order valence-corrected chi connectivity index (χ2v) is 7.57. The molecular weight excluding hydrogens is 394 g/mol. The maximum absolute atomic E-state index is 12.5. The molecule has 0 radical (unpaired) electrons. The molecule has 0 saturated carbocycles. The van der Waals surface area contributed by atoms with Crippen molar-refractivity contribution in [1.82, 2.24) is 4.98 Å². The molecule has 2 heterocycles. The average molecular weight is 411 g/mol. The van der Waals surface area contributed by atoms with E-state index < -0.39 is 0 Å². The number of allylic oxidation sites excluding steroid dienone is 1. The predicted octanol–water partition coefficient (Wildman–Crippen LogP) is 6.03. The normalized spacial score (nSPS) is 11.1. The molecule has 4 rings (SSSR count). The van der Waals surface area contributed by atoms with Gasteiger partial charge in [-0.05, 0) is 30.7 Å². The lowest BCUT2D eigenvalue weighted by Gasteiger charge is -2.03. The number of anilines is 1. The molecule has 1 N–H and O–H groups in total. The fraction of sp³-hybridized carbons (Fsp3) is 0.0417. The monoisotopic (exact) mass is 411 g/mol. The molecular formula is C24H17N3O2S. The lowest BCUT2D eigenvalue weighted by molar-refractivity contribution is 0.0997. The fourth-order valence-corrected chi connectivity index (χ4v) is 3.80. The highest BCUT2D eigenvalue weighted by Gasteiger charge is 2.19. The van der Waals surface area contributed by atoms with E-state index in [2.05, 4.69) is 16.4 Å².